The Bertz CT molecular complexity index is 790. The molecule has 0 aliphatic carbocycles. The molecule has 0 N–H and O–H groups in total. The van der Waals surface area contributed by atoms with Crippen LogP contribution in [0.4, 0.5) is 0 Å². The van der Waals surface area contributed by atoms with Gasteiger partial charge in [-0.15, -0.1) is 6.58 Å². The van der Waals surface area contributed by atoms with Crippen LogP contribution in [-0.4, -0.2) is 37.5 Å². The van der Waals surface area contributed by atoms with E-state index in [1.54, 1.807) is 4.52 Å². The number of carbonyl (C=O) groups excluding carboxylic acids is 1. The minimum absolute atomic E-state index is 0.0295. The monoisotopic (exact) mass is 310 g/mol. The van der Waals surface area contributed by atoms with Crippen molar-refractivity contribution < 1.29 is 4.79 Å². The molecular formula is C18H22N4O. The smallest absolute Gasteiger partial charge is 0.273 e. The summed E-state index contributed by atoms with van der Waals surface area (Å²) < 4.78 is 1.77. The average Bonchev–Trinajstić information content (AvgIpc) is 2.88. The van der Waals surface area contributed by atoms with E-state index in [-0.39, 0.29) is 18.0 Å². The molecule has 23 heavy (non-hydrogen) atoms. The topological polar surface area (TPSA) is 50.5 Å². The van der Waals surface area contributed by atoms with E-state index >= 15 is 0 Å². The Morgan fingerprint density at radius 3 is 2.96 bits per heavy atom. The van der Waals surface area contributed by atoms with Gasteiger partial charge >= 0.3 is 0 Å². The number of aryl methyl sites for hydroxylation is 2. The maximum Gasteiger partial charge on any atom is 0.273 e. The van der Waals surface area contributed by atoms with E-state index in [4.69, 9.17) is 0 Å². The van der Waals surface area contributed by atoms with Crippen molar-refractivity contribution in [1.29, 1.82) is 0 Å². The van der Waals surface area contributed by atoms with Crippen molar-refractivity contribution in [1.82, 2.24) is 19.5 Å². The number of carbonyl (C=O) groups is 1. The van der Waals surface area contributed by atoms with Crippen LogP contribution in [0.1, 0.15) is 41.6 Å². The molecule has 120 valence electrons. The lowest BCUT2D eigenvalue weighted by Crippen LogP contribution is -2.47. The third kappa shape index (κ3) is 2.79. The molecule has 1 aliphatic rings. The molecule has 2 atom stereocenters. The van der Waals surface area contributed by atoms with Crippen molar-refractivity contribution in [2.75, 3.05) is 0 Å². The molecule has 0 aromatic carbocycles. The van der Waals surface area contributed by atoms with Gasteiger partial charge in [0.2, 0.25) is 0 Å². The standard InChI is InChI=1S/C18H22N4O/c1-5-7-15-9-6-8-13(3)21(15)18(23)16-11-14(4)22-17(19-16)10-12(2)20-22/h5-6,8,10-11,13,15H,1,7,9H2,2-4H3/t13-,15-/m1/s1. The van der Waals surface area contributed by atoms with Gasteiger partial charge in [-0.1, -0.05) is 18.2 Å². The average molecular weight is 310 g/mol. The maximum atomic E-state index is 13.1. The van der Waals surface area contributed by atoms with Crippen molar-refractivity contribution >= 4 is 11.6 Å². The van der Waals surface area contributed by atoms with E-state index in [2.05, 4.69) is 28.8 Å². The highest BCUT2D eigenvalue weighted by molar-refractivity contribution is 5.93. The molecule has 1 amide bonds. The normalized spacial score (nSPS) is 20.9. The molecule has 0 saturated carbocycles. The van der Waals surface area contributed by atoms with Gasteiger partial charge in [-0.2, -0.15) is 5.10 Å². The molecule has 2 aromatic rings. The Morgan fingerprint density at radius 1 is 1.43 bits per heavy atom. The highest BCUT2D eigenvalue weighted by Gasteiger charge is 2.30. The van der Waals surface area contributed by atoms with Gasteiger partial charge in [0.15, 0.2) is 5.65 Å². The fraction of sp³-hybridized carbons (Fsp3) is 0.389. The van der Waals surface area contributed by atoms with Crippen molar-refractivity contribution in [2.45, 2.75) is 45.7 Å². The largest absolute Gasteiger partial charge is 0.328 e. The van der Waals surface area contributed by atoms with E-state index in [0.717, 1.165) is 24.2 Å². The van der Waals surface area contributed by atoms with Crippen LogP contribution in [0.15, 0.2) is 36.9 Å². The first-order valence-corrected chi connectivity index (χ1v) is 7.95. The first-order chi connectivity index (χ1) is 11.0. The van der Waals surface area contributed by atoms with Gasteiger partial charge in [0, 0.05) is 23.8 Å². The molecule has 2 aromatic heterocycles. The van der Waals surface area contributed by atoms with E-state index in [1.807, 2.05) is 43.9 Å². The minimum atomic E-state index is -0.0295. The predicted molar refractivity (Wildman–Crippen MR) is 90.5 cm³/mol. The summed E-state index contributed by atoms with van der Waals surface area (Å²) in [6.45, 7) is 9.72. The van der Waals surface area contributed by atoms with Crippen LogP contribution in [0.3, 0.4) is 0 Å². The fourth-order valence-corrected chi connectivity index (χ4v) is 3.21. The van der Waals surface area contributed by atoms with Crippen LogP contribution in [0.25, 0.3) is 5.65 Å². The second kappa shape index (κ2) is 5.99. The molecule has 3 heterocycles. The number of rotatable bonds is 3. The van der Waals surface area contributed by atoms with Gasteiger partial charge in [0.05, 0.1) is 5.69 Å². The molecule has 0 bridgehead atoms. The van der Waals surface area contributed by atoms with Crippen molar-refractivity contribution in [3.8, 4) is 0 Å². The van der Waals surface area contributed by atoms with Crippen LogP contribution in [-0.2, 0) is 0 Å². The van der Waals surface area contributed by atoms with E-state index in [1.165, 1.54) is 0 Å². The van der Waals surface area contributed by atoms with Crippen LogP contribution >= 0.6 is 0 Å². The predicted octanol–water partition coefficient (Wildman–Crippen LogP) is 3.08. The first kappa shape index (κ1) is 15.5. The third-order valence-electron chi connectivity index (χ3n) is 4.27. The molecule has 5 nitrogen and oxygen atoms in total. The zero-order valence-electron chi connectivity index (χ0n) is 13.9. The van der Waals surface area contributed by atoms with E-state index in [9.17, 15) is 4.79 Å². The van der Waals surface area contributed by atoms with Gasteiger partial charge in [0.25, 0.3) is 5.91 Å². The lowest BCUT2D eigenvalue weighted by molar-refractivity contribution is 0.0616. The van der Waals surface area contributed by atoms with E-state index < -0.39 is 0 Å². The Kier molecular flexibility index (Phi) is 4.03. The summed E-state index contributed by atoms with van der Waals surface area (Å²) in [5.41, 5.74) is 2.99. The lowest BCUT2D eigenvalue weighted by atomic mass is 9.99. The lowest BCUT2D eigenvalue weighted by Gasteiger charge is -2.37. The Balaban J connectivity index is 2.01. The number of aromatic nitrogens is 3. The van der Waals surface area contributed by atoms with Gasteiger partial charge in [-0.3, -0.25) is 4.79 Å². The highest BCUT2D eigenvalue weighted by Crippen LogP contribution is 2.23. The van der Waals surface area contributed by atoms with Gasteiger partial charge in [-0.25, -0.2) is 9.50 Å². The molecule has 0 fully saturated rings. The van der Waals surface area contributed by atoms with Gasteiger partial charge < -0.3 is 4.90 Å². The number of amides is 1. The van der Waals surface area contributed by atoms with Crippen molar-refractivity contribution in [2.24, 2.45) is 0 Å². The Hall–Kier alpha value is -2.43. The molecule has 1 aliphatic heterocycles. The number of nitrogens with zero attached hydrogens (tertiary/aromatic N) is 4. The molecule has 0 unspecified atom stereocenters. The summed E-state index contributed by atoms with van der Waals surface area (Å²) in [6.07, 6.45) is 7.73. The quantitative estimate of drug-likeness (QED) is 0.819. The van der Waals surface area contributed by atoms with Crippen LogP contribution in [0.2, 0.25) is 0 Å². The molecule has 0 saturated heterocycles. The van der Waals surface area contributed by atoms with E-state index in [0.29, 0.717) is 11.3 Å². The SMILES string of the molecule is C=CC[C@@H]1CC=C[C@@H](C)N1C(=O)c1cc(C)n2nc(C)cc2n1. The number of hydrogen-bond acceptors (Lipinski definition) is 3. The second-order valence-electron chi connectivity index (χ2n) is 6.13. The maximum absolute atomic E-state index is 13.1. The van der Waals surface area contributed by atoms with Crippen LogP contribution < -0.4 is 0 Å². The second-order valence-corrected chi connectivity index (χ2v) is 6.13. The molecule has 0 radical (unpaired) electrons. The van der Waals surface area contributed by atoms with Crippen LogP contribution in [0.5, 0.6) is 0 Å². The third-order valence-corrected chi connectivity index (χ3v) is 4.27. The Labute approximate surface area is 136 Å². The molecular weight excluding hydrogens is 288 g/mol. The summed E-state index contributed by atoms with van der Waals surface area (Å²) in [6, 6.07) is 3.92. The van der Waals surface area contributed by atoms with Crippen LogP contribution in [0, 0.1) is 13.8 Å². The summed E-state index contributed by atoms with van der Waals surface area (Å²) in [5, 5.41) is 4.39. The van der Waals surface area contributed by atoms with Gasteiger partial charge in [-0.05, 0) is 39.7 Å². The van der Waals surface area contributed by atoms with Crippen molar-refractivity contribution in [3.63, 3.8) is 0 Å². The molecule has 5 heteroatoms. The molecule has 3 rings (SSSR count). The van der Waals surface area contributed by atoms with Gasteiger partial charge in [0.1, 0.15) is 5.69 Å². The first-order valence-electron chi connectivity index (χ1n) is 7.95. The van der Waals surface area contributed by atoms with Crippen molar-refractivity contribution in [3.05, 3.63) is 54.0 Å². The summed E-state index contributed by atoms with van der Waals surface area (Å²) in [4.78, 5) is 19.5. The zero-order valence-corrected chi connectivity index (χ0v) is 13.9. The summed E-state index contributed by atoms with van der Waals surface area (Å²) >= 11 is 0. The summed E-state index contributed by atoms with van der Waals surface area (Å²) in [5.74, 6) is -0.0295. The molecule has 0 spiro atoms. The summed E-state index contributed by atoms with van der Waals surface area (Å²) in [7, 11) is 0. The minimum Gasteiger partial charge on any atom is -0.328 e. The fourth-order valence-electron chi connectivity index (χ4n) is 3.21. The zero-order chi connectivity index (χ0) is 16.6. The number of fused-ring (bicyclic) bond motifs is 1. The number of hydrogen-bond donors (Lipinski definition) is 0. The highest BCUT2D eigenvalue weighted by atomic mass is 16.2. The Morgan fingerprint density at radius 2 is 2.22 bits per heavy atom.